The van der Waals surface area contributed by atoms with E-state index in [1.54, 1.807) is 0 Å². The molecule has 0 bridgehead atoms. The van der Waals surface area contributed by atoms with Crippen LogP contribution >= 0.6 is 0 Å². The molecule has 3 atom stereocenters. The predicted octanol–water partition coefficient (Wildman–Crippen LogP) is 0.601. The smallest absolute Gasteiger partial charge is 0.304 e. The first-order chi connectivity index (χ1) is 8.81. The van der Waals surface area contributed by atoms with Crippen LogP contribution in [0.15, 0.2) is 12.7 Å². The van der Waals surface area contributed by atoms with Gasteiger partial charge in [-0.25, -0.2) is 0 Å². The Labute approximate surface area is 111 Å². The summed E-state index contributed by atoms with van der Waals surface area (Å²) < 4.78 is 14.7. The normalized spacial score (nSPS) is 14.2. The van der Waals surface area contributed by atoms with Crippen molar-refractivity contribution in [2.24, 2.45) is 0 Å². The molecule has 0 N–H and O–H groups in total. The molecular weight excluding hydrogens is 252 g/mol. The van der Waals surface area contributed by atoms with E-state index in [0.29, 0.717) is 0 Å². The van der Waals surface area contributed by atoms with E-state index < -0.39 is 36.2 Å². The standard InChI is InChI=1S/C13H16O6/c1-6-11(17-8(3)14)13(19-10(5)16)12(7-2)18-9(4)15/h1,7,11-13H,2H2,3-5H3/t11-,12+,13+/m0/s1. The van der Waals surface area contributed by atoms with Gasteiger partial charge in [0.2, 0.25) is 6.10 Å². The summed E-state index contributed by atoms with van der Waals surface area (Å²) >= 11 is 0. The van der Waals surface area contributed by atoms with E-state index in [4.69, 9.17) is 20.6 Å². The molecule has 0 aromatic heterocycles. The van der Waals surface area contributed by atoms with Crippen LogP contribution in [-0.4, -0.2) is 36.2 Å². The predicted molar refractivity (Wildman–Crippen MR) is 65.7 cm³/mol. The molecule has 0 aliphatic heterocycles. The number of hydrogen-bond donors (Lipinski definition) is 0. The number of esters is 3. The average Bonchev–Trinajstić information content (AvgIpc) is 2.29. The molecule has 0 spiro atoms. The lowest BCUT2D eigenvalue weighted by Crippen LogP contribution is -2.43. The summed E-state index contributed by atoms with van der Waals surface area (Å²) in [6, 6.07) is 0. The van der Waals surface area contributed by atoms with Crippen LogP contribution in [0.4, 0.5) is 0 Å². The minimum absolute atomic E-state index is 0.611. The number of hydrogen-bond acceptors (Lipinski definition) is 6. The SMILES string of the molecule is C#C[C@H](OC(C)=O)[C@@H](OC(C)=O)[C@@H](C=C)OC(C)=O. The maximum Gasteiger partial charge on any atom is 0.304 e. The van der Waals surface area contributed by atoms with Crippen LogP contribution in [-0.2, 0) is 28.6 Å². The second-order valence-electron chi connectivity index (χ2n) is 3.58. The Balaban J connectivity index is 5.19. The van der Waals surface area contributed by atoms with Crippen LogP contribution in [0.1, 0.15) is 20.8 Å². The van der Waals surface area contributed by atoms with Gasteiger partial charge in [0.25, 0.3) is 0 Å². The van der Waals surface area contributed by atoms with Gasteiger partial charge in [-0.1, -0.05) is 12.5 Å². The first-order valence-corrected chi connectivity index (χ1v) is 5.42. The molecule has 0 heterocycles. The Bertz CT molecular complexity index is 406. The van der Waals surface area contributed by atoms with Crippen LogP contribution in [0.3, 0.4) is 0 Å². The minimum atomic E-state index is -1.18. The minimum Gasteiger partial charge on any atom is -0.454 e. The van der Waals surface area contributed by atoms with E-state index in [1.807, 2.05) is 0 Å². The van der Waals surface area contributed by atoms with Gasteiger partial charge >= 0.3 is 17.9 Å². The van der Waals surface area contributed by atoms with E-state index in [2.05, 4.69) is 12.5 Å². The van der Waals surface area contributed by atoms with E-state index in [-0.39, 0.29) is 0 Å². The highest BCUT2D eigenvalue weighted by Crippen LogP contribution is 2.14. The van der Waals surface area contributed by atoms with Crippen molar-refractivity contribution >= 4 is 17.9 Å². The third kappa shape index (κ3) is 6.27. The Morgan fingerprint density at radius 3 is 1.84 bits per heavy atom. The molecule has 6 heteroatoms. The molecule has 0 fully saturated rings. The Morgan fingerprint density at radius 1 is 1.05 bits per heavy atom. The summed E-state index contributed by atoms with van der Waals surface area (Å²) in [5.74, 6) is 0.253. The zero-order valence-corrected chi connectivity index (χ0v) is 11.0. The van der Waals surface area contributed by atoms with E-state index in [1.165, 1.54) is 13.0 Å². The van der Waals surface area contributed by atoms with Gasteiger partial charge in [0.1, 0.15) is 0 Å². The van der Waals surface area contributed by atoms with Crippen molar-refractivity contribution in [1.82, 2.24) is 0 Å². The number of carbonyl (C=O) groups excluding carboxylic acids is 3. The van der Waals surface area contributed by atoms with Crippen LogP contribution in [0.25, 0.3) is 0 Å². The molecule has 0 amide bonds. The van der Waals surface area contributed by atoms with Gasteiger partial charge in [-0.3, -0.25) is 14.4 Å². The number of ether oxygens (including phenoxy) is 3. The van der Waals surface area contributed by atoms with E-state index in [9.17, 15) is 14.4 Å². The average molecular weight is 268 g/mol. The van der Waals surface area contributed by atoms with Gasteiger partial charge in [0.05, 0.1) is 0 Å². The lowest BCUT2D eigenvalue weighted by atomic mass is 10.1. The lowest BCUT2D eigenvalue weighted by Gasteiger charge is -2.27. The maximum atomic E-state index is 11.1. The fourth-order valence-corrected chi connectivity index (χ4v) is 1.31. The molecule has 0 saturated heterocycles. The second kappa shape index (κ2) is 7.93. The molecule has 0 aromatic rings. The highest BCUT2D eigenvalue weighted by molar-refractivity contribution is 5.68. The van der Waals surface area contributed by atoms with Crippen molar-refractivity contribution in [3.05, 3.63) is 12.7 Å². The molecule has 19 heavy (non-hydrogen) atoms. The largest absolute Gasteiger partial charge is 0.454 e. The van der Waals surface area contributed by atoms with Crippen molar-refractivity contribution in [3.63, 3.8) is 0 Å². The quantitative estimate of drug-likeness (QED) is 0.304. The van der Waals surface area contributed by atoms with Gasteiger partial charge in [-0.15, -0.1) is 6.42 Å². The zero-order chi connectivity index (χ0) is 15.0. The monoisotopic (exact) mass is 268 g/mol. The van der Waals surface area contributed by atoms with Gasteiger partial charge in [0.15, 0.2) is 12.2 Å². The van der Waals surface area contributed by atoms with Gasteiger partial charge < -0.3 is 14.2 Å². The molecule has 0 rings (SSSR count). The van der Waals surface area contributed by atoms with Crippen LogP contribution in [0.2, 0.25) is 0 Å². The third-order valence-electron chi connectivity index (χ3n) is 1.92. The Hall–Kier alpha value is -2.29. The summed E-state index contributed by atoms with van der Waals surface area (Å²) in [6.07, 6.45) is 3.13. The Kier molecular flexibility index (Phi) is 6.97. The topological polar surface area (TPSA) is 78.9 Å². The second-order valence-corrected chi connectivity index (χ2v) is 3.58. The van der Waals surface area contributed by atoms with Gasteiger partial charge in [0, 0.05) is 20.8 Å². The highest BCUT2D eigenvalue weighted by Gasteiger charge is 2.34. The molecule has 104 valence electrons. The molecular formula is C13H16O6. The number of rotatable bonds is 6. The molecule has 0 saturated carbocycles. The van der Waals surface area contributed by atoms with Crippen LogP contribution < -0.4 is 0 Å². The molecule has 0 aliphatic carbocycles. The lowest BCUT2D eigenvalue weighted by molar-refractivity contribution is -0.174. The van der Waals surface area contributed by atoms with Crippen molar-refractivity contribution < 1.29 is 28.6 Å². The van der Waals surface area contributed by atoms with Crippen molar-refractivity contribution in [3.8, 4) is 12.3 Å². The van der Waals surface area contributed by atoms with Crippen LogP contribution in [0.5, 0.6) is 0 Å². The first-order valence-electron chi connectivity index (χ1n) is 5.42. The summed E-state index contributed by atoms with van der Waals surface area (Å²) in [4.78, 5) is 33.0. The summed E-state index contributed by atoms with van der Waals surface area (Å²) in [5.41, 5.74) is 0. The van der Waals surface area contributed by atoms with Crippen LogP contribution in [0, 0.1) is 12.3 Å². The maximum absolute atomic E-state index is 11.1. The third-order valence-corrected chi connectivity index (χ3v) is 1.92. The van der Waals surface area contributed by atoms with Crippen molar-refractivity contribution in [1.29, 1.82) is 0 Å². The molecule has 0 aromatic carbocycles. The molecule has 0 unspecified atom stereocenters. The fraction of sp³-hybridized carbons (Fsp3) is 0.462. The number of carbonyl (C=O) groups is 3. The first kappa shape index (κ1) is 16.7. The van der Waals surface area contributed by atoms with E-state index >= 15 is 0 Å². The summed E-state index contributed by atoms with van der Waals surface area (Å²) in [6.45, 7) is 6.95. The van der Waals surface area contributed by atoms with Gasteiger partial charge in [-0.2, -0.15) is 0 Å². The van der Waals surface area contributed by atoms with Gasteiger partial charge in [-0.05, 0) is 6.08 Å². The fourth-order valence-electron chi connectivity index (χ4n) is 1.31. The molecule has 0 radical (unpaired) electrons. The highest BCUT2D eigenvalue weighted by atomic mass is 16.6. The van der Waals surface area contributed by atoms with Crippen molar-refractivity contribution in [2.45, 2.75) is 39.1 Å². The van der Waals surface area contributed by atoms with E-state index in [0.717, 1.165) is 13.8 Å². The molecule has 0 aliphatic rings. The van der Waals surface area contributed by atoms with Crippen molar-refractivity contribution in [2.75, 3.05) is 0 Å². The molecule has 6 nitrogen and oxygen atoms in total. The number of terminal acetylenes is 1. The Morgan fingerprint density at radius 2 is 1.53 bits per heavy atom. The zero-order valence-electron chi connectivity index (χ0n) is 11.0. The summed E-state index contributed by atoms with van der Waals surface area (Å²) in [7, 11) is 0. The summed E-state index contributed by atoms with van der Waals surface area (Å²) in [5, 5.41) is 0.